The van der Waals surface area contributed by atoms with Crippen LogP contribution in [0.2, 0.25) is 0 Å². The first-order chi connectivity index (χ1) is 12.4. The van der Waals surface area contributed by atoms with Crippen LogP contribution in [0.3, 0.4) is 0 Å². The van der Waals surface area contributed by atoms with Crippen molar-refractivity contribution in [2.45, 2.75) is 18.9 Å². The van der Waals surface area contributed by atoms with E-state index in [0.717, 1.165) is 5.56 Å². The predicted molar refractivity (Wildman–Crippen MR) is 96.9 cm³/mol. The van der Waals surface area contributed by atoms with E-state index in [0.29, 0.717) is 29.9 Å². The first-order valence-electron chi connectivity index (χ1n) is 8.33. The molecule has 5 nitrogen and oxygen atoms in total. The molecule has 140 valence electrons. The van der Waals surface area contributed by atoms with Crippen LogP contribution in [0.25, 0.3) is 0 Å². The highest BCUT2D eigenvalue weighted by atomic mass is 19.1. The zero-order chi connectivity index (χ0) is 19.1. The van der Waals surface area contributed by atoms with Crippen molar-refractivity contribution < 1.29 is 23.8 Å². The average Bonchev–Trinajstić information content (AvgIpc) is 2.66. The molecule has 6 heteroatoms. The van der Waals surface area contributed by atoms with Gasteiger partial charge < -0.3 is 19.5 Å². The van der Waals surface area contributed by atoms with Crippen molar-refractivity contribution in [3.8, 4) is 11.5 Å². The molecule has 0 saturated heterocycles. The molecule has 0 spiro atoms. The lowest BCUT2D eigenvalue weighted by Gasteiger charge is -2.22. The van der Waals surface area contributed by atoms with Gasteiger partial charge in [0.1, 0.15) is 5.82 Å². The molecular formula is C20H24FNO4. The van der Waals surface area contributed by atoms with E-state index in [4.69, 9.17) is 9.47 Å². The summed E-state index contributed by atoms with van der Waals surface area (Å²) in [6.07, 6.45) is -0.0222. The van der Waals surface area contributed by atoms with Crippen molar-refractivity contribution in [3.63, 3.8) is 0 Å². The summed E-state index contributed by atoms with van der Waals surface area (Å²) >= 11 is 0. The van der Waals surface area contributed by atoms with Gasteiger partial charge in [-0.05, 0) is 41.8 Å². The number of halogens is 1. The van der Waals surface area contributed by atoms with Gasteiger partial charge >= 0.3 is 0 Å². The largest absolute Gasteiger partial charge is 0.493 e. The fraction of sp³-hybridized carbons (Fsp3) is 0.350. The molecule has 26 heavy (non-hydrogen) atoms. The summed E-state index contributed by atoms with van der Waals surface area (Å²) in [5.74, 6) is 0.714. The van der Waals surface area contributed by atoms with Crippen molar-refractivity contribution in [1.29, 1.82) is 0 Å². The number of ether oxygens (including phenoxy) is 2. The number of aliphatic hydroxyl groups is 1. The standard InChI is InChI=1S/C20H24FNO4/c1-22(20(24)11-6-14-4-8-16(21)9-5-14)13-17(23)15-7-10-18(25-2)19(12-15)26-3/h4-5,7-10,12,17,23H,6,11,13H2,1-3H3. The lowest BCUT2D eigenvalue weighted by Crippen LogP contribution is -2.31. The first kappa shape index (κ1) is 19.7. The lowest BCUT2D eigenvalue weighted by atomic mass is 10.1. The SMILES string of the molecule is COc1ccc(C(O)CN(C)C(=O)CCc2ccc(F)cc2)cc1OC. The number of carbonyl (C=O) groups excluding carboxylic acids is 1. The van der Waals surface area contributed by atoms with Crippen LogP contribution in [0.4, 0.5) is 4.39 Å². The maximum atomic E-state index is 12.9. The third kappa shape index (κ3) is 5.20. The third-order valence-electron chi connectivity index (χ3n) is 4.21. The van der Waals surface area contributed by atoms with E-state index in [1.165, 1.54) is 24.1 Å². The van der Waals surface area contributed by atoms with E-state index in [1.807, 2.05) is 0 Å². The lowest BCUT2D eigenvalue weighted by molar-refractivity contribution is -0.131. The predicted octanol–water partition coefficient (Wildman–Crippen LogP) is 2.97. The molecule has 0 aromatic heterocycles. The molecule has 2 aromatic rings. The molecule has 0 aliphatic carbocycles. The number of methoxy groups -OCH3 is 2. The minimum atomic E-state index is -0.838. The normalized spacial score (nSPS) is 11.7. The number of rotatable bonds is 8. The molecule has 1 amide bonds. The summed E-state index contributed by atoms with van der Waals surface area (Å²) in [5, 5.41) is 10.4. The van der Waals surface area contributed by atoms with Gasteiger partial charge in [0.05, 0.1) is 26.9 Å². The summed E-state index contributed by atoms with van der Waals surface area (Å²) < 4.78 is 23.3. The molecule has 0 radical (unpaired) electrons. The highest BCUT2D eigenvalue weighted by Crippen LogP contribution is 2.30. The fourth-order valence-electron chi connectivity index (χ4n) is 2.62. The van der Waals surface area contributed by atoms with E-state index < -0.39 is 6.10 Å². The van der Waals surface area contributed by atoms with Crippen molar-refractivity contribution in [1.82, 2.24) is 4.90 Å². The first-order valence-corrected chi connectivity index (χ1v) is 8.33. The van der Waals surface area contributed by atoms with E-state index in [-0.39, 0.29) is 18.3 Å². The molecule has 2 rings (SSSR count). The van der Waals surface area contributed by atoms with Crippen LogP contribution in [-0.2, 0) is 11.2 Å². The summed E-state index contributed by atoms with van der Waals surface area (Å²) in [5.41, 5.74) is 1.54. The minimum Gasteiger partial charge on any atom is -0.493 e. The number of benzene rings is 2. The fourth-order valence-corrected chi connectivity index (χ4v) is 2.62. The summed E-state index contributed by atoms with van der Waals surface area (Å²) in [4.78, 5) is 13.8. The van der Waals surface area contributed by atoms with Gasteiger partial charge in [0.25, 0.3) is 0 Å². The number of likely N-dealkylation sites (N-methyl/N-ethyl adjacent to an activating group) is 1. The molecular weight excluding hydrogens is 337 g/mol. The van der Waals surface area contributed by atoms with Crippen LogP contribution in [-0.4, -0.2) is 43.7 Å². The molecule has 2 aromatic carbocycles. The Balaban J connectivity index is 1.92. The molecule has 0 heterocycles. The Kier molecular flexibility index (Phi) is 6.97. The highest BCUT2D eigenvalue weighted by molar-refractivity contribution is 5.76. The van der Waals surface area contributed by atoms with Gasteiger partial charge in [0, 0.05) is 13.5 Å². The van der Waals surface area contributed by atoms with Crippen LogP contribution >= 0.6 is 0 Å². The number of hydrogen-bond acceptors (Lipinski definition) is 4. The van der Waals surface area contributed by atoms with Crippen molar-refractivity contribution >= 4 is 5.91 Å². The number of carbonyl (C=O) groups is 1. The van der Waals surface area contributed by atoms with E-state index in [1.54, 1.807) is 44.5 Å². The van der Waals surface area contributed by atoms with E-state index >= 15 is 0 Å². The summed E-state index contributed by atoms with van der Waals surface area (Å²) in [6, 6.07) is 11.2. The van der Waals surface area contributed by atoms with Crippen molar-refractivity contribution in [3.05, 3.63) is 59.4 Å². The zero-order valence-electron chi connectivity index (χ0n) is 15.2. The quantitative estimate of drug-likeness (QED) is 0.785. The van der Waals surface area contributed by atoms with Crippen LogP contribution < -0.4 is 9.47 Å². The van der Waals surface area contributed by atoms with Crippen LogP contribution in [0.1, 0.15) is 23.7 Å². The van der Waals surface area contributed by atoms with E-state index in [2.05, 4.69) is 0 Å². The molecule has 1 atom stereocenters. The molecule has 0 aliphatic rings. The number of hydrogen-bond donors (Lipinski definition) is 1. The van der Waals surface area contributed by atoms with Gasteiger partial charge in [0.2, 0.25) is 5.91 Å². The zero-order valence-corrected chi connectivity index (χ0v) is 15.2. The topological polar surface area (TPSA) is 59.0 Å². The Morgan fingerprint density at radius 1 is 1.12 bits per heavy atom. The van der Waals surface area contributed by atoms with Gasteiger partial charge in [0.15, 0.2) is 11.5 Å². The Bertz CT molecular complexity index is 733. The van der Waals surface area contributed by atoms with Gasteiger partial charge in [-0.15, -0.1) is 0 Å². The summed E-state index contributed by atoms with van der Waals surface area (Å²) in [6.45, 7) is 0.164. The minimum absolute atomic E-state index is 0.0890. The molecule has 0 aliphatic heterocycles. The van der Waals surface area contributed by atoms with E-state index in [9.17, 15) is 14.3 Å². The van der Waals surface area contributed by atoms with Crippen molar-refractivity contribution in [2.24, 2.45) is 0 Å². The number of aryl methyl sites for hydroxylation is 1. The van der Waals surface area contributed by atoms with Crippen LogP contribution in [0.15, 0.2) is 42.5 Å². The smallest absolute Gasteiger partial charge is 0.222 e. The number of amides is 1. The Morgan fingerprint density at radius 3 is 2.38 bits per heavy atom. The molecule has 0 saturated carbocycles. The average molecular weight is 361 g/mol. The number of nitrogens with zero attached hydrogens (tertiary/aromatic N) is 1. The Hall–Kier alpha value is -2.60. The third-order valence-corrected chi connectivity index (χ3v) is 4.21. The second kappa shape index (κ2) is 9.20. The van der Waals surface area contributed by atoms with Gasteiger partial charge in [-0.1, -0.05) is 18.2 Å². The van der Waals surface area contributed by atoms with Crippen molar-refractivity contribution in [2.75, 3.05) is 27.8 Å². The molecule has 1 N–H and O–H groups in total. The molecule has 1 unspecified atom stereocenters. The number of aliphatic hydroxyl groups excluding tert-OH is 1. The van der Waals surface area contributed by atoms with Crippen LogP contribution in [0, 0.1) is 5.82 Å². The van der Waals surface area contributed by atoms with Gasteiger partial charge in [-0.25, -0.2) is 4.39 Å². The molecule has 0 bridgehead atoms. The Morgan fingerprint density at radius 2 is 1.77 bits per heavy atom. The Labute approximate surface area is 153 Å². The van der Waals surface area contributed by atoms with Crippen LogP contribution in [0.5, 0.6) is 11.5 Å². The maximum absolute atomic E-state index is 12.9. The second-order valence-corrected chi connectivity index (χ2v) is 6.03. The molecule has 0 fully saturated rings. The summed E-state index contributed by atoms with van der Waals surface area (Å²) in [7, 11) is 4.72. The second-order valence-electron chi connectivity index (χ2n) is 6.03. The maximum Gasteiger partial charge on any atom is 0.222 e. The monoisotopic (exact) mass is 361 g/mol. The van der Waals surface area contributed by atoms with Gasteiger partial charge in [-0.2, -0.15) is 0 Å². The highest BCUT2D eigenvalue weighted by Gasteiger charge is 2.17. The van der Waals surface area contributed by atoms with Gasteiger partial charge in [-0.3, -0.25) is 4.79 Å².